The summed E-state index contributed by atoms with van der Waals surface area (Å²) in [7, 11) is 1.69. The van der Waals surface area contributed by atoms with Crippen LogP contribution in [0.4, 0.5) is 5.69 Å². The number of nitrogens with zero attached hydrogens (tertiary/aromatic N) is 2. The van der Waals surface area contributed by atoms with Crippen molar-refractivity contribution < 1.29 is 19.1 Å². The second-order valence-corrected chi connectivity index (χ2v) is 6.19. The molecule has 0 aliphatic carbocycles. The summed E-state index contributed by atoms with van der Waals surface area (Å²) in [4.78, 5) is 28.5. The van der Waals surface area contributed by atoms with Crippen molar-refractivity contribution in [1.29, 1.82) is 0 Å². The third-order valence-electron chi connectivity index (χ3n) is 4.69. The van der Waals surface area contributed by atoms with Gasteiger partial charge in [-0.25, -0.2) is 0 Å². The Kier molecular flexibility index (Phi) is 6.13. The molecule has 2 aliphatic rings. The Balaban J connectivity index is 0.00000225. The van der Waals surface area contributed by atoms with Crippen molar-refractivity contribution in [3.63, 3.8) is 0 Å². The molecule has 1 aromatic carbocycles. The monoisotopic (exact) mass is 369 g/mol. The van der Waals surface area contributed by atoms with Gasteiger partial charge in [-0.3, -0.25) is 9.59 Å². The fraction of sp³-hybridized carbons (Fsp3) is 0.529. The fourth-order valence-electron chi connectivity index (χ4n) is 2.99. The minimum absolute atomic E-state index is 0. The molecule has 8 heteroatoms. The lowest BCUT2D eigenvalue weighted by Crippen LogP contribution is -2.44. The van der Waals surface area contributed by atoms with E-state index in [9.17, 15) is 9.59 Å². The number of hydrogen-bond donors (Lipinski definition) is 1. The Morgan fingerprint density at radius 1 is 1.36 bits per heavy atom. The number of anilines is 1. The predicted octanol–water partition coefficient (Wildman–Crippen LogP) is 1.04. The van der Waals surface area contributed by atoms with Crippen LogP contribution in [0.5, 0.6) is 11.5 Å². The third kappa shape index (κ3) is 3.67. The summed E-state index contributed by atoms with van der Waals surface area (Å²) >= 11 is 0. The first-order valence-electron chi connectivity index (χ1n) is 8.20. The van der Waals surface area contributed by atoms with Crippen LogP contribution in [0.1, 0.15) is 13.3 Å². The van der Waals surface area contributed by atoms with Crippen LogP contribution in [-0.2, 0) is 9.59 Å². The lowest BCUT2D eigenvalue weighted by molar-refractivity contribution is -0.140. The first-order valence-corrected chi connectivity index (χ1v) is 8.20. The zero-order valence-corrected chi connectivity index (χ0v) is 15.3. The van der Waals surface area contributed by atoms with Gasteiger partial charge < -0.3 is 25.0 Å². The summed E-state index contributed by atoms with van der Waals surface area (Å²) in [5.41, 5.74) is 6.34. The second-order valence-electron chi connectivity index (χ2n) is 6.19. The lowest BCUT2D eigenvalue weighted by atomic mass is 10.1. The average Bonchev–Trinajstić information content (AvgIpc) is 3.00. The van der Waals surface area contributed by atoms with Crippen LogP contribution in [0.25, 0.3) is 0 Å². The van der Waals surface area contributed by atoms with E-state index in [1.165, 1.54) is 0 Å². The normalized spacial score (nSPS) is 20.0. The van der Waals surface area contributed by atoms with Crippen LogP contribution in [-0.4, -0.2) is 56.1 Å². The van der Waals surface area contributed by atoms with Gasteiger partial charge in [-0.15, -0.1) is 12.4 Å². The molecule has 1 aromatic rings. The van der Waals surface area contributed by atoms with Crippen LogP contribution >= 0.6 is 12.4 Å². The number of halogens is 1. The van der Waals surface area contributed by atoms with Gasteiger partial charge in [0.2, 0.25) is 11.8 Å². The van der Waals surface area contributed by atoms with Crippen molar-refractivity contribution >= 4 is 29.9 Å². The number of rotatable bonds is 4. The van der Waals surface area contributed by atoms with E-state index < -0.39 is 5.92 Å². The van der Waals surface area contributed by atoms with E-state index in [1.54, 1.807) is 29.0 Å². The van der Waals surface area contributed by atoms with Gasteiger partial charge in [-0.2, -0.15) is 0 Å². The second kappa shape index (κ2) is 7.93. The van der Waals surface area contributed by atoms with Crippen molar-refractivity contribution in [3.05, 3.63) is 18.2 Å². The van der Waals surface area contributed by atoms with Crippen LogP contribution < -0.4 is 20.1 Å². The standard InChI is InChI=1S/C17H23N3O4.ClH/c1-11(10-18)19(2)16(21)13-5-6-20(17(13)22)12-3-4-14-15(9-12)24-8-7-23-14;/h3-4,9,11,13H,5-8,10,18H2,1-2H3;1H. The molecule has 1 fully saturated rings. The van der Waals surface area contributed by atoms with Gasteiger partial charge >= 0.3 is 0 Å². The molecule has 1 saturated heterocycles. The zero-order chi connectivity index (χ0) is 17.3. The van der Waals surface area contributed by atoms with Gasteiger partial charge in [-0.1, -0.05) is 0 Å². The molecule has 2 aliphatic heterocycles. The number of fused-ring (bicyclic) bond motifs is 1. The van der Waals surface area contributed by atoms with Crippen LogP contribution in [0, 0.1) is 5.92 Å². The molecule has 2 N–H and O–H groups in total. The van der Waals surface area contributed by atoms with E-state index in [0.717, 1.165) is 5.69 Å². The molecule has 0 spiro atoms. The quantitative estimate of drug-likeness (QED) is 0.801. The highest BCUT2D eigenvalue weighted by atomic mass is 35.5. The number of carbonyl (C=O) groups excluding carboxylic acids is 2. The lowest BCUT2D eigenvalue weighted by Gasteiger charge is -2.26. The molecule has 25 heavy (non-hydrogen) atoms. The molecule has 138 valence electrons. The number of hydrogen-bond acceptors (Lipinski definition) is 5. The predicted molar refractivity (Wildman–Crippen MR) is 96.4 cm³/mol. The van der Waals surface area contributed by atoms with Gasteiger partial charge in [-0.05, 0) is 25.5 Å². The van der Waals surface area contributed by atoms with Crippen LogP contribution in [0.2, 0.25) is 0 Å². The van der Waals surface area contributed by atoms with Crippen molar-refractivity contribution in [2.75, 3.05) is 38.3 Å². The summed E-state index contributed by atoms with van der Waals surface area (Å²) in [6.07, 6.45) is 0.508. The van der Waals surface area contributed by atoms with Crippen molar-refractivity contribution in [3.8, 4) is 11.5 Å². The Hall–Kier alpha value is -1.99. The molecule has 2 unspecified atom stereocenters. The summed E-state index contributed by atoms with van der Waals surface area (Å²) in [6, 6.07) is 5.33. The summed E-state index contributed by atoms with van der Waals surface area (Å²) in [6.45, 7) is 3.77. The summed E-state index contributed by atoms with van der Waals surface area (Å²) in [5, 5.41) is 0. The first-order chi connectivity index (χ1) is 11.5. The summed E-state index contributed by atoms with van der Waals surface area (Å²) in [5.74, 6) is 0.332. The molecule has 2 atom stereocenters. The number of nitrogens with two attached hydrogens (primary N) is 1. The van der Waals surface area contributed by atoms with E-state index in [1.807, 2.05) is 13.0 Å². The highest BCUT2D eigenvalue weighted by Crippen LogP contribution is 2.36. The number of carbonyl (C=O) groups is 2. The molecule has 3 rings (SSSR count). The van der Waals surface area contributed by atoms with Gasteiger partial charge in [0.25, 0.3) is 0 Å². The summed E-state index contributed by atoms with van der Waals surface area (Å²) < 4.78 is 11.1. The first kappa shape index (κ1) is 19.3. The van der Waals surface area contributed by atoms with Gasteiger partial charge in [0.05, 0.1) is 0 Å². The minimum Gasteiger partial charge on any atom is -0.486 e. The van der Waals surface area contributed by atoms with Gasteiger partial charge in [0.15, 0.2) is 11.5 Å². The highest BCUT2D eigenvalue weighted by molar-refractivity contribution is 6.09. The average molecular weight is 370 g/mol. The van der Waals surface area contributed by atoms with E-state index in [0.29, 0.717) is 44.2 Å². The van der Waals surface area contributed by atoms with Crippen LogP contribution in [0.3, 0.4) is 0 Å². The molecule has 0 aromatic heterocycles. The van der Waals surface area contributed by atoms with Crippen molar-refractivity contribution in [2.24, 2.45) is 11.7 Å². The molecule has 0 radical (unpaired) electrons. The Morgan fingerprint density at radius 2 is 2.04 bits per heavy atom. The van der Waals surface area contributed by atoms with Crippen molar-refractivity contribution in [1.82, 2.24) is 4.90 Å². The zero-order valence-electron chi connectivity index (χ0n) is 14.4. The van der Waals surface area contributed by atoms with Crippen molar-refractivity contribution in [2.45, 2.75) is 19.4 Å². The third-order valence-corrected chi connectivity index (χ3v) is 4.69. The number of amides is 2. The number of likely N-dealkylation sites (N-methyl/N-ethyl adjacent to an activating group) is 1. The maximum Gasteiger partial charge on any atom is 0.239 e. The maximum atomic E-state index is 12.7. The van der Waals surface area contributed by atoms with Gasteiger partial charge in [0.1, 0.15) is 19.1 Å². The highest BCUT2D eigenvalue weighted by Gasteiger charge is 2.39. The molecule has 0 bridgehead atoms. The molecule has 2 amide bonds. The maximum absolute atomic E-state index is 12.7. The Labute approximate surface area is 153 Å². The van der Waals surface area contributed by atoms with E-state index in [2.05, 4.69) is 0 Å². The number of ether oxygens (including phenoxy) is 2. The topological polar surface area (TPSA) is 85.1 Å². The van der Waals surface area contributed by atoms with Gasteiger partial charge in [0, 0.05) is 37.9 Å². The molecule has 7 nitrogen and oxygen atoms in total. The minimum atomic E-state index is -0.641. The molecule has 2 heterocycles. The smallest absolute Gasteiger partial charge is 0.239 e. The van der Waals surface area contributed by atoms with E-state index >= 15 is 0 Å². The van der Waals surface area contributed by atoms with E-state index in [4.69, 9.17) is 15.2 Å². The molecular weight excluding hydrogens is 346 g/mol. The van der Waals surface area contributed by atoms with E-state index in [-0.39, 0.29) is 30.3 Å². The Morgan fingerprint density at radius 3 is 2.72 bits per heavy atom. The molecule has 0 saturated carbocycles. The Bertz CT molecular complexity index is 655. The van der Waals surface area contributed by atoms with Crippen LogP contribution in [0.15, 0.2) is 18.2 Å². The fourth-order valence-corrected chi connectivity index (χ4v) is 2.99. The molecular formula is C17H24ClN3O4. The number of benzene rings is 1. The largest absolute Gasteiger partial charge is 0.486 e. The SMILES string of the molecule is CC(CN)N(C)C(=O)C1CCN(c2ccc3c(c2)OCCO3)C1=O.Cl.